The highest BCUT2D eigenvalue weighted by molar-refractivity contribution is 7.89. The number of sulfonamides is 1. The predicted octanol–water partition coefficient (Wildman–Crippen LogP) is 1.31. The minimum absolute atomic E-state index is 0.0477. The zero-order valence-corrected chi connectivity index (χ0v) is 14.8. The Hall–Kier alpha value is -1.44. The van der Waals surface area contributed by atoms with Crippen molar-refractivity contribution < 1.29 is 13.2 Å². The second kappa shape index (κ2) is 9.15. The lowest BCUT2D eigenvalue weighted by Gasteiger charge is -2.16. The summed E-state index contributed by atoms with van der Waals surface area (Å²) >= 11 is 0. The second-order valence-electron chi connectivity index (χ2n) is 6.37. The van der Waals surface area contributed by atoms with Gasteiger partial charge in [-0.1, -0.05) is 37.8 Å². The number of amides is 1. The summed E-state index contributed by atoms with van der Waals surface area (Å²) in [7, 11) is -3.64. The highest BCUT2D eigenvalue weighted by Crippen LogP contribution is 2.17. The number of nitrogens with two attached hydrogens (primary N) is 1. The van der Waals surface area contributed by atoms with Crippen molar-refractivity contribution in [1.29, 1.82) is 0 Å². The van der Waals surface area contributed by atoms with Gasteiger partial charge in [-0.2, -0.15) is 0 Å². The molecule has 24 heavy (non-hydrogen) atoms. The maximum Gasteiger partial charge on any atom is 0.238 e. The Kier molecular flexibility index (Phi) is 7.20. The molecule has 0 spiro atoms. The first-order valence-corrected chi connectivity index (χ1v) is 10.1. The maximum atomic E-state index is 11.9. The molecular weight excluding hydrogens is 326 g/mol. The summed E-state index contributed by atoms with van der Waals surface area (Å²) < 4.78 is 22.4. The lowest BCUT2D eigenvalue weighted by molar-refractivity contribution is -0.121. The first-order valence-electron chi connectivity index (χ1n) is 8.57. The topological polar surface area (TPSA) is 101 Å². The molecule has 134 valence electrons. The van der Waals surface area contributed by atoms with E-state index in [0.717, 1.165) is 24.8 Å². The summed E-state index contributed by atoms with van der Waals surface area (Å²) in [4.78, 5) is 12.0. The minimum Gasteiger partial charge on any atom is -0.352 e. The van der Waals surface area contributed by atoms with Crippen molar-refractivity contribution in [1.82, 2.24) is 10.6 Å². The molecule has 7 heteroatoms. The van der Waals surface area contributed by atoms with Crippen LogP contribution in [0.4, 0.5) is 0 Å². The fourth-order valence-corrected chi connectivity index (χ4v) is 3.50. The first-order chi connectivity index (χ1) is 11.4. The number of benzene rings is 1. The molecule has 0 aliphatic heterocycles. The Morgan fingerprint density at radius 3 is 2.29 bits per heavy atom. The lowest BCUT2D eigenvalue weighted by atomic mass is 10.1. The van der Waals surface area contributed by atoms with Gasteiger partial charge in [0, 0.05) is 6.04 Å². The van der Waals surface area contributed by atoms with Gasteiger partial charge in [0.1, 0.15) is 0 Å². The van der Waals surface area contributed by atoms with Crippen LogP contribution < -0.4 is 15.8 Å². The van der Waals surface area contributed by atoms with E-state index in [4.69, 9.17) is 5.14 Å². The molecule has 0 heterocycles. The predicted molar refractivity (Wildman–Crippen MR) is 94.0 cm³/mol. The van der Waals surface area contributed by atoms with Crippen molar-refractivity contribution in [2.24, 2.45) is 5.14 Å². The molecule has 4 N–H and O–H groups in total. The van der Waals surface area contributed by atoms with E-state index in [2.05, 4.69) is 10.6 Å². The number of carbonyl (C=O) groups excluding carboxylic acids is 1. The fourth-order valence-electron chi connectivity index (χ4n) is 2.98. The summed E-state index contributed by atoms with van der Waals surface area (Å²) in [6.45, 7) is 0.971. The van der Waals surface area contributed by atoms with E-state index in [1.807, 2.05) is 0 Å². The molecule has 2 rings (SSSR count). The number of carbonyl (C=O) groups is 1. The fraction of sp³-hybridized carbons (Fsp3) is 0.588. The quantitative estimate of drug-likeness (QED) is 0.508. The van der Waals surface area contributed by atoms with Crippen molar-refractivity contribution in [3.05, 3.63) is 29.8 Å². The highest BCUT2D eigenvalue weighted by atomic mass is 32.2. The summed E-state index contributed by atoms with van der Waals surface area (Å²) in [5.74, 6) is 0.0477. The van der Waals surface area contributed by atoms with Crippen molar-refractivity contribution in [2.45, 2.75) is 55.9 Å². The average Bonchev–Trinajstić information content (AvgIpc) is 2.80. The van der Waals surface area contributed by atoms with Crippen LogP contribution in [-0.2, 0) is 21.2 Å². The normalized spacial score (nSPS) is 16.5. The Labute approximate surface area is 144 Å². The second-order valence-corrected chi connectivity index (χ2v) is 7.93. The van der Waals surface area contributed by atoms with E-state index in [0.29, 0.717) is 19.1 Å². The summed E-state index contributed by atoms with van der Waals surface area (Å²) in [6.07, 6.45) is 7.84. The van der Waals surface area contributed by atoms with Crippen LogP contribution in [0, 0.1) is 0 Å². The molecule has 1 aliphatic carbocycles. The van der Waals surface area contributed by atoms with Crippen molar-refractivity contribution in [3.63, 3.8) is 0 Å². The third-order valence-electron chi connectivity index (χ3n) is 4.35. The smallest absolute Gasteiger partial charge is 0.238 e. The highest BCUT2D eigenvalue weighted by Gasteiger charge is 2.14. The van der Waals surface area contributed by atoms with Crippen molar-refractivity contribution in [2.75, 3.05) is 13.1 Å². The van der Waals surface area contributed by atoms with E-state index in [-0.39, 0.29) is 10.8 Å². The van der Waals surface area contributed by atoms with Gasteiger partial charge in [-0.05, 0) is 43.5 Å². The first kappa shape index (κ1) is 18.9. The molecular formula is C17H27N3O3S. The van der Waals surface area contributed by atoms with E-state index in [1.165, 1.54) is 37.8 Å². The molecule has 1 aliphatic rings. The Balaban J connectivity index is 1.66. The zero-order valence-electron chi connectivity index (χ0n) is 14.0. The third-order valence-corrected chi connectivity index (χ3v) is 5.28. The third kappa shape index (κ3) is 6.59. The van der Waals surface area contributed by atoms with E-state index < -0.39 is 10.0 Å². The van der Waals surface area contributed by atoms with Crippen molar-refractivity contribution in [3.8, 4) is 0 Å². The van der Waals surface area contributed by atoms with Gasteiger partial charge >= 0.3 is 0 Å². The molecule has 1 saturated carbocycles. The van der Waals surface area contributed by atoms with Crippen LogP contribution in [0.1, 0.15) is 44.1 Å². The molecule has 0 bridgehead atoms. The minimum atomic E-state index is -3.64. The van der Waals surface area contributed by atoms with Gasteiger partial charge in [-0.15, -0.1) is 0 Å². The molecule has 1 aromatic carbocycles. The van der Waals surface area contributed by atoms with Crippen LogP contribution in [-0.4, -0.2) is 33.5 Å². The van der Waals surface area contributed by atoms with Gasteiger partial charge in [0.25, 0.3) is 0 Å². The molecule has 1 aromatic rings. The number of hydrogen-bond donors (Lipinski definition) is 3. The van der Waals surface area contributed by atoms with Gasteiger partial charge < -0.3 is 10.6 Å². The molecule has 0 unspecified atom stereocenters. The van der Waals surface area contributed by atoms with Crippen LogP contribution in [0.25, 0.3) is 0 Å². The van der Waals surface area contributed by atoms with Gasteiger partial charge in [-0.25, -0.2) is 13.6 Å². The zero-order chi connectivity index (χ0) is 17.4. The van der Waals surface area contributed by atoms with Gasteiger partial charge in [0.15, 0.2) is 0 Å². The van der Waals surface area contributed by atoms with Crippen LogP contribution in [0.2, 0.25) is 0 Å². The number of rotatable bonds is 7. The molecule has 0 atom stereocenters. The Morgan fingerprint density at radius 2 is 1.71 bits per heavy atom. The molecule has 0 saturated heterocycles. The Morgan fingerprint density at radius 1 is 1.08 bits per heavy atom. The molecule has 6 nitrogen and oxygen atoms in total. The molecule has 0 radical (unpaired) electrons. The summed E-state index contributed by atoms with van der Waals surface area (Å²) in [5, 5.41) is 11.3. The summed E-state index contributed by atoms with van der Waals surface area (Å²) in [6, 6.07) is 6.82. The lowest BCUT2D eigenvalue weighted by Crippen LogP contribution is -2.40. The number of hydrogen-bond acceptors (Lipinski definition) is 4. The SMILES string of the molecule is NS(=O)(=O)c1ccc(CCNCC(=O)NC2CCCCCC2)cc1. The van der Waals surface area contributed by atoms with Crippen LogP contribution in [0.3, 0.4) is 0 Å². The standard InChI is InChI=1S/C17H27N3O3S/c18-24(22,23)16-9-7-14(8-10-16)11-12-19-13-17(21)20-15-5-3-1-2-4-6-15/h7-10,15,19H,1-6,11-13H2,(H,20,21)(H2,18,22,23). The average molecular weight is 353 g/mol. The molecule has 1 fully saturated rings. The van der Waals surface area contributed by atoms with E-state index in [1.54, 1.807) is 12.1 Å². The largest absolute Gasteiger partial charge is 0.352 e. The van der Waals surface area contributed by atoms with Crippen LogP contribution in [0.15, 0.2) is 29.2 Å². The molecule has 0 aromatic heterocycles. The number of primary sulfonamides is 1. The maximum absolute atomic E-state index is 11.9. The van der Waals surface area contributed by atoms with E-state index in [9.17, 15) is 13.2 Å². The van der Waals surface area contributed by atoms with Gasteiger partial charge in [0.2, 0.25) is 15.9 Å². The molecule has 1 amide bonds. The van der Waals surface area contributed by atoms with Gasteiger partial charge in [-0.3, -0.25) is 4.79 Å². The van der Waals surface area contributed by atoms with E-state index >= 15 is 0 Å². The van der Waals surface area contributed by atoms with Crippen LogP contribution >= 0.6 is 0 Å². The number of nitrogens with one attached hydrogen (secondary N) is 2. The van der Waals surface area contributed by atoms with Gasteiger partial charge in [0.05, 0.1) is 11.4 Å². The Bertz CT molecular complexity index is 621. The van der Waals surface area contributed by atoms with Crippen LogP contribution in [0.5, 0.6) is 0 Å². The van der Waals surface area contributed by atoms with Crippen molar-refractivity contribution >= 4 is 15.9 Å². The monoisotopic (exact) mass is 353 g/mol. The summed E-state index contributed by atoms with van der Waals surface area (Å²) in [5.41, 5.74) is 0.999.